The first-order valence-corrected chi connectivity index (χ1v) is 9.03. The Morgan fingerprint density at radius 3 is 2.70 bits per heavy atom. The Kier molecular flexibility index (Phi) is 3.90. The number of carbonyl (C=O) groups is 1. The van der Waals surface area contributed by atoms with Crippen LogP contribution in [0.5, 0.6) is 0 Å². The third-order valence-corrected chi connectivity index (χ3v) is 5.87. The van der Waals surface area contributed by atoms with Gasteiger partial charge in [0.05, 0.1) is 6.20 Å². The third-order valence-electron chi connectivity index (χ3n) is 4.98. The van der Waals surface area contributed by atoms with Crippen LogP contribution in [0.1, 0.15) is 23.3 Å². The Bertz CT molecular complexity index is 695. The van der Waals surface area contributed by atoms with E-state index in [0.29, 0.717) is 5.69 Å². The number of hydrogen-bond donors (Lipinski definition) is 1. The van der Waals surface area contributed by atoms with Crippen LogP contribution in [0, 0.1) is 11.8 Å². The lowest BCUT2D eigenvalue weighted by Gasteiger charge is -2.19. The minimum absolute atomic E-state index is 0.0734. The molecule has 2 aliphatic rings. The number of fused-ring (bicyclic) bond motifs is 1. The zero-order valence-corrected chi connectivity index (χ0v) is 14.1. The summed E-state index contributed by atoms with van der Waals surface area (Å²) in [6, 6.07) is 0. The van der Waals surface area contributed by atoms with Crippen LogP contribution in [0.3, 0.4) is 0 Å². The Morgan fingerprint density at radius 2 is 2.04 bits per heavy atom. The van der Waals surface area contributed by atoms with Gasteiger partial charge < -0.3 is 10.2 Å². The molecule has 6 nitrogen and oxygen atoms in total. The predicted molar refractivity (Wildman–Crippen MR) is 89.3 cm³/mol. The number of thiazole rings is 1. The minimum atomic E-state index is 0.0734. The first-order chi connectivity index (χ1) is 11.2. The summed E-state index contributed by atoms with van der Waals surface area (Å²) in [6.45, 7) is 3.91. The van der Waals surface area contributed by atoms with E-state index < -0.39 is 0 Å². The van der Waals surface area contributed by atoms with Crippen molar-refractivity contribution in [1.82, 2.24) is 25.0 Å². The van der Waals surface area contributed by atoms with Crippen molar-refractivity contribution < 1.29 is 4.79 Å². The van der Waals surface area contributed by atoms with Gasteiger partial charge in [-0.15, -0.1) is 11.3 Å². The lowest BCUT2D eigenvalue weighted by atomic mass is 9.92. The molecular weight excluding hydrogens is 310 g/mol. The first-order valence-electron chi connectivity index (χ1n) is 8.15. The van der Waals surface area contributed by atoms with Gasteiger partial charge in [0.15, 0.2) is 0 Å². The molecule has 0 unspecified atom stereocenters. The van der Waals surface area contributed by atoms with E-state index in [0.717, 1.165) is 61.4 Å². The molecular formula is C16H21N5OS. The van der Waals surface area contributed by atoms with Crippen molar-refractivity contribution in [3.63, 3.8) is 0 Å². The number of aromatic nitrogens is 3. The molecule has 0 bridgehead atoms. The van der Waals surface area contributed by atoms with Gasteiger partial charge in [-0.3, -0.25) is 9.48 Å². The molecule has 23 heavy (non-hydrogen) atoms. The van der Waals surface area contributed by atoms with Gasteiger partial charge in [0.25, 0.3) is 5.91 Å². The molecule has 1 N–H and O–H groups in total. The Balaban J connectivity index is 1.47. The average Bonchev–Trinajstić information content (AvgIpc) is 3.26. The van der Waals surface area contributed by atoms with Crippen LogP contribution in [0.15, 0.2) is 17.8 Å². The molecule has 2 fully saturated rings. The van der Waals surface area contributed by atoms with Crippen molar-refractivity contribution in [2.45, 2.75) is 12.8 Å². The molecule has 2 aromatic rings. The van der Waals surface area contributed by atoms with Gasteiger partial charge in [-0.25, -0.2) is 4.98 Å². The number of nitrogens with zero attached hydrogens (tertiary/aromatic N) is 4. The largest absolute Gasteiger partial charge is 0.337 e. The van der Waals surface area contributed by atoms with Crippen molar-refractivity contribution in [1.29, 1.82) is 0 Å². The molecule has 0 aliphatic carbocycles. The maximum Gasteiger partial charge on any atom is 0.273 e. The summed E-state index contributed by atoms with van der Waals surface area (Å²) >= 11 is 1.51. The molecule has 0 spiro atoms. The van der Waals surface area contributed by atoms with Crippen molar-refractivity contribution in [3.05, 3.63) is 23.5 Å². The summed E-state index contributed by atoms with van der Waals surface area (Å²) in [5.74, 6) is 1.53. The number of rotatable bonds is 2. The van der Waals surface area contributed by atoms with Crippen molar-refractivity contribution in [2.24, 2.45) is 18.9 Å². The van der Waals surface area contributed by atoms with Crippen molar-refractivity contribution >= 4 is 17.2 Å². The molecule has 7 heteroatoms. The van der Waals surface area contributed by atoms with E-state index >= 15 is 0 Å². The molecule has 0 saturated carbocycles. The van der Waals surface area contributed by atoms with E-state index in [4.69, 9.17) is 0 Å². The molecule has 2 aliphatic heterocycles. The summed E-state index contributed by atoms with van der Waals surface area (Å²) in [5, 5.41) is 10.4. The first kappa shape index (κ1) is 14.8. The standard InChI is InChI=1S/C16H21N5OS/c1-20-9-13(8-18-20)15-19-14(10-23-15)16(22)21-4-2-11-6-17-7-12(11)3-5-21/h8-12,17H,2-7H2,1H3/t11-,12+. The molecule has 4 rings (SSSR count). The summed E-state index contributed by atoms with van der Waals surface area (Å²) in [4.78, 5) is 19.3. The van der Waals surface area contributed by atoms with E-state index in [-0.39, 0.29) is 5.91 Å². The minimum Gasteiger partial charge on any atom is -0.337 e. The zero-order chi connectivity index (χ0) is 15.8. The Hall–Kier alpha value is -1.73. The second-order valence-electron chi connectivity index (χ2n) is 6.49. The molecule has 2 saturated heterocycles. The molecule has 2 atom stereocenters. The second kappa shape index (κ2) is 6.05. The highest BCUT2D eigenvalue weighted by atomic mass is 32.1. The van der Waals surface area contributed by atoms with Gasteiger partial charge >= 0.3 is 0 Å². The highest BCUT2D eigenvalue weighted by molar-refractivity contribution is 7.13. The number of nitrogens with one attached hydrogen (secondary N) is 1. The summed E-state index contributed by atoms with van der Waals surface area (Å²) in [5.41, 5.74) is 1.53. The van der Waals surface area contributed by atoms with Crippen molar-refractivity contribution in [2.75, 3.05) is 26.2 Å². The molecule has 0 aromatic carbocycles. The summed E-state index contributed by atoms with van der Waals surface area (Å²) < 4.78 is 1.75. The average molecular weight is 331 g/mol. The number of amides is 1. The lowest BCUT2D eigenvalue weighted by Crippen LogP contribution is -2.33. The van der Waals surface area contributed by atoms with Gasteiger partial charge in [0.1, 0.15) is 10.7 Å². The van der Waals surface area contributed by atoms with Gasteiger partial charge in [-0.2, -0.15) is 5.10 Å². The van der Waals surface area contributed by atoms with Gasteiger partial charge in [-0.05, 0) is 37.8 Å². The van der Waals surface area contributed by atoms with Gasteiger partial charge in [0.2, 0.25) is 0 Å². The molecule has 4 heterocycles. The molecule has 1 amide bonds. The topological polar surface area (TPSA) is 63.1 Å². The van der Waals surface area contributed by atoms with E-state index in [1.54, 1.807) is 10.9 Å². The van der Waals surface area contributed by atoms with E-state index in [9.17, 15) is 4.79 Å². The summed E-state index contributed by atoms with van der Waals surface area (Å²) in [7, 11) is 1.88. The molecule has 0 radical (unpaired) electrons. The summed E-state index contributed by atoms with van der Waals surface area (Å²) in [6.07, 6.45) is 5.91. The van der Waals surface area contributed by atoms with E-state index in [1.165, 1.54) is 11.3 Å². The predicted octanol–water partition coefficient (Wildman–Crippen LogP) is 1.62. The van der Waals surface area contributed by atoms with Crippen LogP contribution in [0.25, 0.3) is 10.6 Å². The second-order valence-corrected chi connectivity index (χ2v) is 7.35. The molecule has 2 aromatic heterocycles. The zero-order valence-electron chi connectivity index (χ0n) is 13.2. The molecule has 122 valence electrons. The van der Waals surface area contributed by atoms with E-state index in [1.807, 2.05) is 23.5 Å². The van der Waals surface area contributed by atoms with Crippen LogP contribution in [-0.2, 0) is 7.05 Å². The van der Waals surface area contributed by atoms with Crippen LogP contribution < -0.4 is 5.32 Å². The maximum absolute atomic E-state index is 12.8. The number of carbonyl (C=O) groups excluding carboxylic acids is 1. The van der Waals surface area contributed by atoms with Crippen LogP contribution in [-0.4, -0.2) is 51.8 Å². The van der Waals surface area contributed by atoms with Gasteiger partial charge in [0, 0.05) is 37.3 Å². The van der Waals surface area contributed by atoms with E-state index in [2.05, 4.69) is 15.4 Å². The highest BCUT2D eigenvalue weighted by Crippen LogP contribution is 2.28. The SMILES string of the molecule is Cn1cc(-c2nc(C(=O)N3CC[C@@H]4CNC[C@@H]4CC3)cs2)cn1. The lowest BCUT2D eigenvalue weighted by molar-refractivity contribution is 0.0753. The maximum atomic E-state index is 12.8. The fraction of sp³-hybridized carbons (Fsp3) is 0.562. The fourth-order valence-electron chi connectivity index (χ4n) is 3.62. The fourth-order valence-corrected chi connectivity index (χ4v) is 4.39. The smallest absolute Gasteiger partial charge is 0.273 e. The quantitative estimate of drug-likeness (QED) is 0.908. The van der Waals surface area contributed by atoms with Crippen LogP contribution in [0.2, 0.25) is 0 Å². The van der Waals surface area contributed by atoms with Crippen LogP contribution in [0.4, 0.5) is 0 Å². The Morgan fingerprint density at radius 1 is 1.30 bits per heavy atom. The van der Waals surface area contributed by atoms with Crippen LogP contribution >= 0.6 is 11.3 Å². The normalized spacial score (nSPS) is 24.5. The van der Waals surface area contributed by atoms with Crippen molar-refractivity contribution in [3.8, 4) is 10.6 Å². The number of hydrogen-bond acceptors (Lipinski definition) is 5. The Labute approximate surface area is 139 Å². The number of aryl methyl sites for hydroxylation is 1. The third kappa shape index (κ3) is 2.90. The van der Waals surface area contributed by atoms with Gasteiger partial charge in [-0.1, -0.05) is 0 Å². The number of likely N-dealkylation sites (tertiary alicyclic amines) is 1. The monoisotopic (exact) mass is 331 g/mol. The highest BCUT2D eigenvalue weighted by Gasteiger charge is 2.32.